The average molecular weight is 272 g/mol. The van der Waals surface area contributed by atoms with Crippen molar-refractivity contribution >= 4 is 12.0 Å². The van der Waals surface area contributed by atoms with E-state index in [0.717, 1.165) is 12.8 Å². The molecule has 0 radical (unpaired) electrons. The van der Waals surface area contributed by atoms with Crippen molar-refractivity contribution in [1.82, 2.24) is 10.2 Å². The van der Waals surface area contributed by atoms with Crippen LogP contribution in [-0.2, 0) is 4.79 Å². The van der Waals surface area contributed by atoms with Crippen molar-refractivity contribution in [2.24, 2.45) is 11.8 Å². The van der Waals surface area contributed by atoms with E-state index in [1.54, 1.807) is 18.7 Å². The molecule has 110 valence electrons. The largest absolute Gasteiger partial charge is 0.481 e. The van der Waals surface area contributed by atoms with Gasteiger partial charge in [0.05, 0.1) is 12.0 Å². The molecule has 19 heavy (non-hydrogen) atoms. The summed E-state index contributed by atoms with van der Waals surface area (Å²) in [7, 11) is 0. The van der Waals surface area contributed by atoms with Crippen molar-refractivity contribution in [3.63, 3.8) is 0 Å². The molecule has 2 unspecified atom stereocenters. The molecule has 0 aromatic carbocycles. The fourth-order valence-electron chi connectivity index (χ4n) is 2.22. The molecule has 0 aliphatic carbocycles. The van der Waals surface area contributed by atoms with Crippen LogP contribution in [0.2, 0.25) is 0 Å². The van der Waals surface area contributed by atoms with Gasteiger partial charge in [-0.2, -0.15) is 0 Å². The third kappa shape index (κ3) is 5.06. The molecule has 1 rings (SSSR count). The van der Waals surface area contributed by atoms with Gasteiger partial charge < -0.3 is 20.4 Å². The molecule has 1 aliphatic heterocycles. The van der Waals surface area contributed by atoms with Gasteiger partial charge in [-0.15, -0.1) is 0 Å². The van der Waals surface area contributed by atoms with Crippen LogP contribution in [-0.4, -0.2) is 52.9 Å². The number of aliphatic hydroxyl groups excluding tert-OH is 1. The topological polar surface area (TPSA) is 89.9 Å². The highest BCUT2D eigenvalue weighted by Gasteiger charge is 2.25. The van der Waals surface area contributed by atoms with E-state index in [2.05, 4.69) is 5.32 Å². The van der Waals surface area contributed by atoms with Crippen molar-refractivity contribution in [2.75, 3.05) is 19.6 Å². The van der Waals surface area contributed by atoms with E-state index in [1.807, 2.05) is 0 Å². The molecule has 0 bridgehead atoms. The molecule has 1 saturated heterocycles. The zero-order valence-corrected chi connectivity index (χ0v) is 11.6. The van der Waals surface area contributed by atoms with Gasteiger partial charge in [-0.1, -0.05) is 6.92 Å². The first kappa shape index (κ1) is 15.8. The summed E-state index contributed by atoms with van der Waals surface area (Å²) in [5.41, 5.74) is 0. The smallest absolute Gasteiger partial charge is 0.317 e. The maximum Gasteiger partial charge on any atom is 0.317 e. The molecule has 6 nitrogen and oxygen atoms in total. The van der Waals surface area contributed by atoms with Crippen molar-refractivity contribution in [3.8, 4) is 0 Å². The van der Waals surface area contributed by atoms with Crippen molar-refractivity contribution in [3.05, 3.63) is 0 Å². The third-order valence-corrected chi connectivity index (χ3v) is 3.78. The van der Waals surface area contributed by atoms with Gasteiger partial charge in [0.15, 0.2) is 0 Å². The monoisotopic (exact) mass is 272 g/mol. The summed E-state index contributed by atoms with van der Waals surface area (Å²) in [6.45, 7) is 5.09. The lowest BCUT2D eigenvalue weighted by molar-refractivity contribution is -0.141. The average Bonchev–Trinajstić information content (AvgIpc) is 2.38. The maximum atomic E-state index is 11.8. The van der Waals surface area contributed by atoms with Crippen LogP contribution in [0.5, 0.6) is 0 Å². The van der Waals surface area contributed by atoms with Crippen molar-refractivity contribution in [2.45, 2.75) is 39.2 Å². The van der Waals surface area contributed by atoms with Gasteiger partial charge in [0.25, 0.3) is 0 Å². The number of urea groups is 1. The molecule has 2 amide bonds. The van der Waals surface area contributed by atoms with Gasteiger partial charge >= 0.3 is 12.0 Å². The standard InChI is InChI=1S/C13H24N2O4/c1-9(12(17)18)3-6-14-13(19)15-7-4-11(5-8-15)10(2)16/h9-11,16H,3-8H2,1-2H3,(H,14,19)(H,17,18). The minimum atomic E-state index is -0.841. The zero-order chi connectivity index (χ0) is 14.4. The number of aliphatic carboxylic acids is 1. The van der Waals surface area contributed by atoms with Crippen LogP contribution in [0.3, 0.4) is 0 Å². The normalized spacial score (nSPS) is 19.8. The van der Waals surface area contributed by atoms with Crippen LogP contribution in [0.25, 0.3) is 0 Å². The Morgan fingerprint density at radius 3 is 2.37 bits per heavy atom. The number of nitrogens with one attached hydrogen (secondary N) is 1. The molecule has 0 saturated carbocycles. The number of carbonyl (C=O) groups excluding carboxylic acids is 1. The van der Waals surface area contributed by atoms with E-state index >= 15 is 0 Å². The van der Waals surface area contributed by atoms with Gasteiger partial charge in [-0.05, 0) is 32.1 Å². The predicted molar refractivity (Wildman–Crippen MR) is 70.8 cm³/mol. The Bertz CT molecular complexity index is 312. The van der Waals surface area contributed by atoms with Crippen LogP contribution in [0.4, 0.5) is 4.79 Å². The van der Waals surface area contributed by atoms with Crippen LogP contribution in [0, 0.1) is 11.8 Å². The third-order valence-electron chi connectivity index (χ3n) is 3.78. The van der Waals surface area contributed by atoms with E-state index in [-0.39, 0.29) is 18.1 Å². The first-order chi connectivity index (χ1) is 8.91. The van der Waals surface area contributed by atoms with Gasteiger partial charge in [0.1, 0.15) is 0 Å². The Morgan fingerprint density at radius 1 is 1.32 bits per heavy atom. The number of rotatable bonds is 5. The minimum Gasteiger partial charge on any atom is -0.481 e. The Balaban J connectivity index is 2.23. The number of likely N-dealkylation sites (tertiary alicyclic amines) is 1. The van der Waals surface area contributed by atoms with E-state index in [0.29, 0.717) is 26.1 Å². The molecule has 0 spiro atoms. The molecular formula is C13H24N2O4. The lowest BCUT2D eigenvalue weighted by Crippen LogP contribution is -2.46. The van der Waals surface area contributed by atoms with Gasteiger partial charge in [0, 0.05) is 19.6 Å². The lowest BCUT2D eigenvalue weighted by Gasteiger charge is -2.33. The molecule has 0 aromatic heterocycles. The number of aliphatic hydroxyl groups is 1. The van der Waals surface area contributed by atoms with Gasteiger partial charge in [-0.3, -0.25) is 4.79 Å². The summed E-state index contributed by atoms with van der Waals surface area (Å²) >= 11 is 0. The van der Waals surface area contributed by atoms with Crippen LogP contribution in [0.15, 0.2) is 0 Å². The molecule has 1 heterocycles. The fourth-order valence-corrected chi connectivity index (χ4v) is 2.22. The number of carbonyl (C=O) groups is 2. The van der Waals surface area contributed by atoms with Gasteiger partial charge in [-0.25, -0.2) is 4.79 Å². The second-order valence-electron chi connectivity index (χ2n) is 5.32. The second kappa shape index (κ2) is 7.33. The predicted octanol–water partition coefficient (Wildman–Crippen LogP) is 0.900. The van der Waals surface area contributed by atoms with Crippen LogP contribution < -0.4 is 5.32 Å². The first-order valence-electron chi connectivity index (χ1n) is 6.85. The number of nitrogens with zero attached hydrogens (tertiary/aromatic N) is 1. The number of carboxylic acids is 1. The van der Waals surface area contributed by atoms with Crippen LogP contribution >= 0.6 is 0 Å². The molecule has 2 atom stereocenters. The Morgan fingerprint density at radius 2 is 1.89 bits per heavy atom. The SMILES string of the molecule is CC(CCNC(=O)N1CCC(C(C)O)CC1)C(=O)O. The summed E-state index contributed by atoms with van der Waals surface area (Å²) < 4.78 is 0. The molecule has 3 N–H and O–H groups in total. The van der Waals surface area contributed by atoms with E-state index in [4.69, 9.17) is 5.11 Å². The van der Waals surface area contributed by atoms with Gasteiger partial charge in [0.2, 0.25) is 0 Å². The highest BCUT2D eigenvalue weighted by molar-refractivity contribution is 5.74. The number of hydrogen-bond acceptors (Lipinski definition) is 3. The Hall–Kier alpha value is -1.30. The summed E-state index contributed by atoms with van der Waals surface area (Å²) in [5.74, 6) is -1.01. The van der Waals surface area contributed by atoms with Crippen molar-refractivity contribution in [1.29, 1.82) is 0 Å². The quantitative estimate of drug-likeness (QED) is 0.693. The molecule has 1 fully saturated rings. The zero-order valence-electron chi connectivity index (χ0n) is 11.6. The number of hydrogen-bond donors (Lipinski definition) is 3. The first-order valence-corrected chi connectivity index (χ1v) is 6.85. The lowest BCUT2D eigenvalue weighted by atomic mass is 9.92. The van der Waals surface area contributed by atoms with Crippen molar-refractivity contribution < 1.29 is 19.8 Å². The van der Waals surface area contributed by atoms with Crippen LogP contribution in [0.1, 0.15) is 33.1 Å². The van der Waals surface area contributed by atoms with E-state index < -0.39 is 11.9 Å². The molecule has 0 aromatic rings. The highest BCUT2D eigenvalue weighted by Crippen LogP contribution is 2.20. The number of carboxylic acid groups (broad SMARTS) is 1. The number of amides is 2. The summed E-state index contributed by atoms with van der Waals surface area (Å²) in [5, 5.41) is 21.0. The highest BCUT2D eigenvalue weighted by atomic mass is 16.4. The molecular weight excluding hydrogens is 248 g/mol. The summed E-state index contributed by atoms with van der Waals surface area (Å²) in [6, 6.07) is -0.137. The Labute approximate surface area is 113 Å². The number of piperidine rings is 1. The maximum absolute atomic E-state index is 11.8. The van der Waals surface area contributed by atoms with E-state index in [9.17, 15) is 14.7 Å². The molecule has 6 heteroatoms. The Kier molecular flexibility index (Phi) is 6.08. The van der Waals surface area contributed by atoms with E-state index in [1.165, 1.54) is 0 Å². The summed E-state index contributed by atoms with van der Waals surface area (Å²) in [6.07, 6.45) is 1.75. The minimum absolute atomic E-state index is 0.137. The molecule has 1 aliphatic rings. The second-order valence-corrected chi connectivity index (χ2v) is 5.32. The summed E-state index contributed by atoms with van der Waals surface area (Å²) in [4.78, 5) is 24.2. The fraction of sp³-hybridized carbons (Fsp3) is 0.846.